The third-order valence-electron chi connectivity index (χ3n) is 5.93. The highest BCUT2D eigenvalue weighted by Crippen LogP contribution is 2.29. The molecule has 1 saturated heterocycles. The molecule has 0 aliphatic carbocycles. The van der Waals surface area contributed by atoms with Gasteiger partial charge in [0.15, 0.2) is 5.82 Å². The second kappa shape index (κ2) is 9.53. The summed E-state index contributed by atoms with van der Waals surface area (Å²) in [5, 5.41) is 3.67. The first-order valence-corrected chi connectivity index (χ1v) is 11.1. The van der Waals surface area contributed by atoms with Gasteiger partial charge in [-0.3, -0.25) is 0 Å². The number of halogens is 2. The van der Waals surface area contributed by atoms with E-state index in [1.807, 2.05) is 6.07 Å². The number of H-pyrrole nitrogens is 1. The predicted octanol–water partition coefficient (Wildman–Crippen LogP) is 3.34. The maximum atomic E-state index is 13.8. The van der Waals surface area contributed by atoms with E-state index < -0.39 is 5.82 Å². The molecule has 1 fully saturated rings. The fourth-order valence-corrected chi connectivity index (χ4v) is 4.09. The number of hydrogen-bond acceptors (Lipinski definition) is 6. The lowest BCUT2D eigenvalue weighted by Crippen LogP contribution is -2.52. The smallest absolute Gasteiger partial charge is 0.317 e. The van der Waals surface area contributed by atoms with Crippen LogP contribution in [0.1, 0.15) is 5.56 Å². The minimum Gasteiger partial charge on any atom is -0.479 e. The normalized spacial score (nSPS) is 13.8. The summed E-state index contributed by atoms with van der Waals surface area (Å²) >= 11 is 0. The van der Waals surface area contributed by atoms with Crippen molar-refractivity contribution in [1.29, 1.82) is 0 Å². The first kappa shape index (κ1) is 22.5. The number of aromatic amines is 1. The van der Waals surface area contributed by atoms with Crippen molar-refractivity contribution >= 4 is 22.9 Å². The largest absolute Gasteiger partial charge is 0.479 e. The molecule has 0 radical (unpaired) electrons. The number of benzene rings is 1. The number of piperazine rings is 1. The van der Waals surface area contributed by atoms with Gasteiger partial charge in [-0.25, -0.2) is 28.5 Å². The van der Waals surface area contributed by atoms with Crippen molar-refractivity contribution in [3.05, 3.63) is 66.1 Å². The summed E-state index contributed by atoms with van der Waals surface area (Å²) in [4.78, 5) is 32.4. The molecule has 180 valence electrons. The molecular formula is C24H23F2N7O2. The number of urea groups is 1. The van der Waals surface area contributed by atoms with Gasteiger partial charge in [-0.1, -0.05) is 0 Å². The number of rotatable bonds is 5. The van der Waals surface area contributed by atoms with Crippen molar-refractivity contribution in [3.63, 3.8) is 0 Å². The minimum atomic E-state index is -0.573. The number of nitrogens with zero attached hydrogens (tertiary/aromatic N) is 5. The Morgan fingerprint density at radius 3 is 2.57 bits per heavy atom. The number of nitrogens with one attached hydrogen (secondary N) is 2. The van der Waals surface area contributed by atoms with Crippen molar-refractivity contribution in [1.82, 2.24) is 30.2 Å². The Hall–Kier alpha value is -4.28. The van der Waals surface area contributed by atoms with Crippen LogP contribution in [0.15, 0.2) is 48.9 Å². The number of aromatic nitrogens is 4. The van der Waals surface area contributed by atoms with Crippen molar-refractivity contribution in [2.45, 2.75) is 6.54 Å². The first-order chi connectivity index (χ1) is 17.0. The molecule has 1 aliphatic rings. The highest BCUT2D eigenvalue weighted by atomic mass is 19.1. The Labute approximate surface area is 199 Å². The molecule has 0 unspecified atom stereocenters. The lowest BCUT2D eigenvalue weighted by atomic mass is 10.1. The number of carbonyl (C=O) groups is 1. The van der Waals surface area contributed by atoms with Crippen LogP contribution in [0, 0.1) is 11.6 Å². The van der Waals surface area contributed by atoms with E-state index in [2.05, 4.69) is 30.2 Å². The van der Waals surface area contributed by atoms with Gasteiger partial charge in [-0.15, -0.1) is 0 Å². The topological polar surface area (TPSA) is 99.3 Å². The number of carbonyl (C=O) groups excluding carboxylic acids is 1. The third kappa shape index (κ3) is 4.70. The maximum absolute atomic E-state index is 13.8. The van der Waals surface area contributed by atoms with Crippen molar-refractivity contribution in [2.24, 2.45) is 0 Å². The Morgan fingerprint density at radius 1 is 1.09 bits per heavy atom. The van der Waals surface area contributed by atoms with Gasteiger partial charge >= 0.3 is 6.03 Å². The molecule has 0 bridgehead atoms. The van der Waals surface area contributed by atoms with E-state index in [9.17, 15) is 13.6 Å². The Morgan fingerprint density at radius 2 is 1.86 bits per heavy atom. The van der Waals surface area contributed by atoms with E-state index in [1.165, 1.54) is 37.8 Å². The van der Waals surface area contributed by atoms with Gasteiger partial charge < -0.3 is 24.8 Å². The number of fused-ring (bicyclic) bond motifs is 1. The van der Waals surface area contributed by atoms with E-state index in [-0.39, 0.29) is 24.3 Å². The zero-order valence-electron chi connectivity index (χ0n) is 19.0. The highest BCUT2D eigenvalue weighted by Gasteiger charge is 2.24. The standard InChI is InChI=1S/C24H23F2N7O2/c1-35-23-19(26)10-15(12-27-23)13-28-24(34)33-8-6-32(7-9-33)22-18-11-20(31-21(18)29-14-30-22)16-2-4-17(25)5-3-16/h2-5,10-12,14H,6-9,13H2,1H3,(H,28,34)(H,29,30,31). The van der Waals surface area contributed by atoms with Gasteiger partial charge in [-0.05, 0) is 47.5 Å². The molecule has 2 N–H and O–H groups in total. The zero-order chi connectivity index (χ0) is 24.4. The van der Waals surface area contributed by atoms with Crippen LogP contribution in [-0.2, 0) is 6.54 Å². The summed E-state index contributed by atoms with van der Waals surface area (Å²) in [6.07, 6.45) is 2.97. The summed E-state index contributed by atoms with van der Waals surface area (Å²) in [7, 11) is 1.35. The summed E-state index contributed by atoms with van der Waals surface area (Å²) in [6.45, 7) is 2.35. The molecule has 0 spiro atoms. The monoisotopic (exact) mass is 479 g/mol. The second-order valence-electron chi connectivity index (χ2n) is 8.12. The van der Waals surface area contributed by atoms with Gasteiger partial charge in [-0.2, -0.15) is 0 Å². The van der Waals surface area contributed by atoms with E-state index in [4.69, 9.17) is 4.74 Å². The molecule has 2 amide bonds. The summed E-state index contributed by atoms with van der Waals surface area (Å²) in [5.41, 5.74) is 2.91. The summed E-state index contributed by atoms with van der Waals surface area (Å²) < 4.78 is 31.9. The predicted molar refractivity (Wildman–Crippen MR) is 126 cm³/mol. The Bertz CT molecular complexity index is 1350. The van der Waals surface area contributed by atoms with Crippen LogP contribution >= 0.6 is 0 Å². The summed E-state index contributed by atoms with van der Waals surface area (Å²) in [6, 6.07) is 9.27. The average molecular weight is 479 g/mol. The average Bonchev–Trinajstić information content (AvgIpc) is 3.32. The first-order valence-electron chi connectivity index (χ1n) is 11.1. The van der Waals surface area contributed by atoms with Crippen molar-refractivity contribution < 1.29 is 18.3 Å². The van der Waals surface area contributed by atoms with E-state index in [1.54, 1.807) is 17.0 Å². The van der Waals surface area contributed by atoms with Crippen LogP contribution in [0.3, 0.4) is 0 Å². The number of ether oxygens (including phenoxy) is 1. The van der Waals surface area contributed by atoms with Crippen LogP contribution in [-0.4, -0.2) is 64.2 Å². The molecule has 1 aliphatic heterocycles. The number of anilines is 1. The molecule has 0 saturated carbocycles. The molecule has 4 heterocycles. The number of pyridine rings is 1. The minimum absolute atomic E-state index is 0.0813. The molecule has 1 aromatic carbocycles. The second-order valence-corrected chi connectivity index (χ2v) is 8.12. The highest BCUT2D eigenvalue weighted by molar-refractivity contribution is 5.92. The molecule has 9 nitrogen and oxygen atoms in total. The van der Waals surface area contributed by atoms with Crippen molar-refractivity contribution in [2.75, 3.05) is 38.2 Å². The van der Waals surface area contributed by atoms with E-state index in [0.29, 0.717) is 37.4 Å². The van der Waals surface area contributed by atoms with Gasteiger partial charge in [0.25, 0.3) is 0 Å². The molecule has 5 rings (SSSR count). The molecule has 35 heavy (non-hydrogen) atoms. The lowest BCUT2D eigenvalue weighted by Gasteiger charge is -2.35. The third-order valence-corrected chi connectivity index (χ3v) is 5.93. The molecule has 11 heteroatoms. The SMILES string of the molecule is COc1ncc(CNC(=O)N2CCN(c3ncnc4[nH]c(-c5ccc(F)cc5)cc34)CC2)cc1F. The van der Waals surface area contributed by atoms with Crippen LogP contribution < -0.4 is 15.0 Å². The molecule has 4 aromatic rings. The Balaban J connectivity index is 1.23. The maximum Gasteiger partial charge on any atom is 0.317 e. The fraction of sp³-hybridized carbons (Fsp3) is 0.250. The fourth-order valence-electron chi connectivity index (χ4n) is 4.09. The van der Waals surface area contributed by atoms with Crippen molar-refractivity contribution in [3.8, 4) is 17.1 Å². The van der Waals surface area contributed by atoms with Crippen LogP contribution in [0.25, 0.3) is 22.3 Å². The van der Waals surface area contributed by atoms with E-state index in [0.717, 1.165) is 22.5 Å². The number of hydrogen-bond donors (Lipinski definition) is 2. The molecular weight excluding hydrogens is 456 g/mol. The quantitative estimate of drug-likeness (QED) is 0.456. The molecule has 0 atom stereocenters. The summed E-state index contributed by atoms with van der Waals surface area (Å²) in [5.74, 6) is -0.168. The van der Waals surface area contributed by atoms with E-state index >= 15 is 0 Å². The van der Waals surface area contributed by atoms with Crippen LogP contribution in [0.4, 0.5) is 19.4 Å². The van der Waals surface area contributed by atoms with Crippen LogP contribution in [0.2, 0.25) is 0 Å². The lowest BCUT2D eigenvalue weighted by molar-refractivity contribution is 0.194. The zero-order valence-corrected chi connectivity index (χ0v) is 19.0. The van der Waals surface area contributed by atoms with Gasteiger partial charge in [0.2, 0.25) is 5.88 Å². The molecule has 3 aromatic heterocycles. The van der Waals surface area contributed by atoms with Gasteiger partial charge in [0.05, 0.1) is 12.5 Å². The Kier molecular flexibility index (Phi) is 6.13. The van der Waals surface area contributed by atoms with Crippen LogP contribution in [0.5, 0.6) is 5.88 Å². The number of methoxy groups -OCH3 is 1. The van der Waals surface area contributed by atoms with Gasteiger partial charge in [0.1, 0.15) is 23.6 Å². The van der Waals surface area contributed by atoms with Gasteiger partial charge in [0, 0.05) is 44.6 Å². The number of amides is 2.